The zero-order chi connectivity index (χ0) is 14.7. The molecule has 20 heavy (non-hydrogen) atoms. The van der Waals surface area contributed by atoms with Crippen LogP contribution in [0.4, 0.5) is 21.5 Å². The first-order chi connectivity index (χ1) is 9.47. The summed E-state index contributed by atoms with van der Waals surface area (Å²) in [6.45, 7) is 0. The normalized spacial score (nSPS) is 10.1. The second-order valence-electron chi connectivity index (χ2n) is 3.87. The summed E-state index contributed by atoms with van der Waals surface area (Å²) in [5, 5.41) is 12.9. The number of nitrogens with zero attached hydrogens (tertiary/aromatic N) is 2. The van der Waals surface area contributed by atoms with E-state index in [1.54, 1.807) is 0 Å². The summed E-state index contributed by atoms with van der Waals surface area (Å²) in [5.41, 5.74) is 5.40. The number of non-ortho nitro benzene ring substituents is 1. The minimum atomic E-state index is -0.825. The third-order valence-corrected chi connectivity index (χ3v) is 2.45. The molecule has 7 nitrogen and oxygen atoms in total. The number of hydrogen-bond acceptors (Lipinski definition) is 5. The molecule has 0 aliphatic carbocycles. The summed E-state index contributed by atoms with van der Waals surface area (Å²) in [5.74, 6) is -1.45. The van der Waals surface area contributed by atoms with Gasteiger partial charge >= 0.3 is 0 Å². The van der Waals surface area contributed by atoms with Crippen molar-refractivity contribution in [3.8, 4) is 0 Å². The van der Waals surface area contributed by atoms with Gasteiger partial charge in [-0.1, -0.05) is 0 Å². The highest BCUT2D eigenvalue weighted by atomic mass is 19.1. The summed E-state index contributed by atoms with van der Waals surface area (Å²) in [7, 11) is 0. The number of nitrogens with two attached hydrogens (primary N) is 1. The zero-order valence-electron chi connectivity index (χ0n) is 10.0. The summed E-state index contributed by atoms with van der Waals surface area (Å²) in [6.07, 6.45) is 2.66. The van der Waals surface area contributed by atoms with Crippen LogP contribution >= 0.6 is 0 Å². The fourth-order valence-corrected chi connectivity index (χ4v) is 1.55. The molecule has 8 heteroatoms. The lowest BCUT2D eigenvalue weighted by atomic mass is 10.2. The average Bonchev–Trinajstić information content (AvgIpc) is 2.38. The van der Waals surface area contributed by atoms with Gasteiger partial charge in [0, 0.05) is 24.1 Å². The van der Waals surface area contributed by atoms with Crippen LogP contribution in [0.1, 0.15) is 10.4 Å². The van der Waals surface area contributed by atoms with Crippen LogP contribution in [-0.2, 0) is 0 Å². The van der Waals surface area contributed by atoms with Crippen molar-refractivity contribution in [2.45, 2.75) is 0 Å². The fraction of sp³-hybridized carbons (Fsp3) is 0. The van der Waals surface area contributed by atoms with E-state index in [0.29, 0.717) is 0 Å². The van der Waals surface area contributed by atoms with Crippen molar-refractivity contribution < 1.29 is 14.1 Å². The van der Waals surface area contributed by atoms with Gasteiger partial charge in [-0.2, -0.15) is 0 Å². The molecule has 2 aromatic rings. The smallest absolute Gasteiger partial charge is 0.274 e. The van der Waals surface area contributed by atoms with Crippen molar-refractivity contribution >= 4 is 23.0 Å². The number of hydrogen-bond donors (Lipinski definition) is 2. The molecule has 1 heterocycles. The third kappa shape index (κ3) is 2.86. The number of aromatic nitrogens is 1. The van der Waals surface area contributed by atoms with Crippen LogP contribution in [0.3, 0.4) is 0 Å². The monoisotopic (exact) mass is 276 g/mol. The highest BCUT2D eigenvalue weighted by Crippen LogP contribution is 2.21. The van der Waals surface area contributed by atoms with Gasteiger partial charge in [-0.15, -0.1) is 0 Å². The van der Waals surface area contributed by atoms with Gasteiger partial charge in [0.05, 0.1) is 22.2 Å². The van der Waals surface area contributed by atoms with Gasteiger partial charge in [0.1, 0.15) is 5.82 Å². The molecule has 0 fully saturated rings. The van der Waals surface area contributed by atoms with Crippen molar-refractivity contribution in [2.75, 3.05) is 11.1 Å². The Morgan fingerprint density at radius 1 is 1.40 bits per heavy atom. The molecule has 0 atom stereocenters. The van der Waals surface area contributed by atoms with E-state index in [-0.39, 0.29) is 16.9 Å². The van der Waals surface area contributed by atoms with Crippen LogP contribution in [0.15, 0.2) is 36.7 Å². The molecule has 0 aliphatic rings. The standard InChI is InChI=1S/C12H9FN4O3/c13-7-3-8(5-9(4-7)17(19)20)16-12(18)10-6-15-2-1-11(10)14/h1-6H,(H2,14,15)(H,16,18). The Morgan fingerprint density at radius 2 is 2.15 bits per heavy atom. The predicted octanol–water partition coefficient (Wildman–Crippen LogP) is 1.96. The number of nitrogens with one attached hydrogen (secondary N) is 1. The quantitative estimate of drug-likeness (QED) is 0.657. The van der Waals surface area contributed by atoms with Gasteiger partial charge in [0.25, 0.3) is 11.6 Å². The average molecular weight is 276 g/mol. The highest BCUT2D eigenvalue weighted by Gasteiger charge is 2.14. The number of pyridine rings is 1. The second-order valence-corrected chi connectivity index (χ2v) is 3.87. The van der Waals surface area contributed by atoms with Crippen LogP contribution in [0, 0.1) is 15.9 Å². The first-order valence-electron chi connectivity index (χ1n) is 5.43. The maximum absolute atomic E-state index is 13.2. The molecule has 0 saturated carbocycles. The molecule has 1 aromatic carbocycles. The largest absolute Gasteiger partial charge is 0.398 e. The van der Waals surface area contributed by atoms with E-state index in [1.807, 2.05) is 0 Å². The lowest BCUT2D eigenvalue weighted by molar-refractivity contribution is -0.385. The van der Waals surface area contributed by atoms with Crippen molar-refractivity contribution in [2.24, 2.45) is 0 Å². The molecule has 0 unspecified atom stereocenters. The molecule has 1 aromatic heterocycles. The Bertz CT molecular complexity index is 690. The molecule has 1 amide bonds. The molecule has 3 N–H and O–H groups in total. The summed E-state index contributed by atoms with van der Waals surface area (Å²) < 4.78 is 13.2. The first-order valence-corrected chi connectivity index (χ1v) is 5.43. The maximum atomic E-state index is 13.2. The van der Waals surface area contributed by atoms with E-state index in [2.05, 4.69) is 10.3 Å². The number of amides is 1. The van der Waals surface area contributed by atoms with Crippen molar-refractivity contribution in [1.82, 2.24) is 4.98 Å². The van der Waals surface area contributed by atoms with Crippen LogP contribution in [0.2, 0.25) is 0 Å². The van der Waals surface area contributed by atoms with Gasteiger partial charge in [0.2, 0.25) is 0 Å². The Kier molecular flexibility index (Phi) is 3.56. The number of benzene rings is 1. The predicted molar refractivity (Wildman–Crippen MR) is 69.7 cm³/mol. The molecular weight excluding hydrogens is 267 g/mol. The zero-order valence-corrected chi connectivity index (χ0v) is 10.0. The number of carbonyl (C=O) groups excluding carboxylic acids is 1. The number of nitro groups is 1. The van der Waals surface area contributed by atoms with Crippen molar-refractivity contribution in [1.29, 1.82) is 0 Å². The molecule has 2 rings (SSSR count). The summed E-state index contributed by atoms with van der Waals surface area (Å²) >= 11 is 0. The van der Waals surface area contributed by atoms with Crippen LogP contribution in [0.5, 0.6) is 0 Å². The van der Waals surface area contributed by atoms with Gasteiger partial charge in [-0.05, 0) is 12.1 Å². The summed E-state index contributed by atoms with van der Waals surface area (Å²) in [4.78, 5) is 25.5. The Balaban J connectivity index is 2.28. The second kappa shape index (κ2) is 5.31. The molecule has 0 spiro atoms. The Hall–Kier alpha value is -3.03. The first kappa shape index (κ1) is 13.4. The summed E-state index contributed by atoms with van der Waals surface area (Å²) in [6, 6.07) is 4.21. The van der Waals surface area contributed by atoms with E-state index in [1.165, 1.54) is 18.5 Å². The van der Waals surface area contributed by atoms with Crippen molar-refractivity contribution in [3.63, 3.8) is 0 Å². The van der Waals surface area contributed by atoms with E-state index >= 15 is 0 Å². The Labute approximate surface area is 112 Å². The van der Waals surface area contributed by atoms with Gasteiger partial charge in [-0.3, -0.25) is 19.9 Å². The lowest BCUT2D eigenvalue weighted by Gasteiger charge is -2.07. The van der Waals surface area contributed by atoms with E-state index in [4.69, 9.17) is 5.73 Å². The van der Waals surface area contributed by atoms with Crippen LogP contribution in [0.25, 0.3) is 0 Å². The highest BCUT2D eigenvalue weighted by molar-refractivity contribution is 6.07. The SMILES string of the molecule is Nc1ccncc1C(=O)Nc1cc(F)cc([N+](=O)[O-])c1. The van der Waals surface area contributed by atoms with Gasteiger partial charge in [0.15, 0.2) is 0 Å². The minimum absolute atomic E-state index is 0.0371. The number of anilines is 2. The molecule has 0 saturated heterocycles. The number of halogens is 1. The van der Waals surface area contributed by atoms with Gasteiger partial charge in [-0.25, -0.2) is 4.39 Å². The number of nitrogen functional groups attached to an aromatic ring is 1. The number of carbonyl (C=O) groups is 1. The molecule has 102 valence electrons. The van der Waals surface area contributed by atoms with E-state index in [0.717, 1.165) is 18.2 Å². The lowest BCUT2D eigenvalue weighted by Crippen LogP contribution is -2.14. The molecule has 0 aliphatic heterocycles. The van der Waals surface area contributed by atoms with Crippen LogP contribution in [-0.4, -0.2) is 15.8 Å². The molecule has 0 bridgehead atoms. The molecular formula is C12H9FN4O3. The third-order valence-electron chi connectivity index (χ3n) is 2.45. The number of nitro benzene ring substituents is 1. The fourth-order valence-electron chi connectivity index (χ4n) is 1.55. The van der Waals surface area contributed by atoms with Crippen LogP contribution < -0.4 is 11.1 Å². The Morgan fingerprint density at radius 3 is 2.80 bits per heavy atom. The van der Waals surface area contributed by atoms with Gasteiger partial charge < -0.3 is 11.1 Å². The number of rotatable bonds is 3. The minimum Gasteiger partial charge on any atom is -0.398 e. The maximum Gasteiger partial charge on any atom is 0.274 e. The van der Waals surface area contributed by atoms with E-state index in [9.17, 15) is 19.3 Å². The topological polar surface area (TPSA) is 111 Å². The van der Waals surface area contributed by atoms with Crippen molar-refractivity contribution in [3.05, 3.63) is 58.2 Å². The molecule has 0 radical (unpaired) electrons. The van der Waals surface area contributed by atoms with E-state index < -0.39 is 22.3 Å².